The Morgan fingerprint density at radius 1 is 1.39 bits per heavy atom. The van der Waals surface area contributed by atoms with Crippen molar-refractivity contribution in [2.45, 2.75) is 44.7 Å². The Hall–Kier alpha value is -1.19. The number of carbonyl (C=O) groups is 2. The number of hydrogen-bond donors (Lipinski definition) is 0. The number of allylic oxidation sites excluding steroid dienone is 2. The molecule has 3 nitrogen and oxygen atoms in total. The van der Waals surface area contributed by atoms with Gasteiger partial charge in [0.15, 0.2) is 0 Å². The van der Waals surface area contributed by atoms with Crippen LogP contribution in [0.5, 0.6) is 0 Å². The number of alkyl halides is 1. The molecule has 1 aliphatic carbocycles. The summed E-state index contributed by atoms with van der Waals surface area (Å²) in [4.78, 5) is 21.6. The Morgan fingerprint density at radius 2 is 2.17 bits per heavy atom. The fourth-order valence-electron chi connectivity index (χ4n) is 2.38. The second kappa shape index (κ2) is 8.01. The summed E-state index contributed by atoms with van der Waals surface area (Å²) in [5, 5.41) is 0. The first kappa shape index (κ1) is 14.9. The Bertz CT molecular complexity index is 301. The fourth-order valence-corrected chi connectivity index (χ4v) is 2.38. The maximum atomic E-state index is 13.3. The fraction of sp³-hybridized carbons (Fsp3) is 0.714. The van der Waals surface area contributed by atoms with Crippen LogP contribution >= 0.6 is 0 Å². The standard InChI is InChI=1S/C14H21FO3/c1-18-14(17)7-5-3-2-4-6-11-8-9-13(15)12(11)10-16/h2,4,10-13H,3,5-9H2,1H3/b4-2-/t11-,12?,13?/m0/s1. The van der Waals surface area contributed by atoms with Gasteiger partial charge >= 0.3 is 5.97 Å². The largest absolute Gasteiger partial charge is 0.469 e. The number of rotatable bonds is 7. The second-order valence-electron chi connectivity index (χ2n) is 4.74. The molecule has 3 atom stereocenters. The third kappa shape index (κ3) is 4.59. The molecule has 0 aromatic rings. The summed E-state index contributed by atoms with van der Waals surface area (Å²) in [7, 11) is 1.38. The molecule has 0 amide bonds. The summed E-state index contributed by atoms with van der Waals surface area (Å²) < 4.78 is 17.8. The molecule has 1 fully saturated rings. The minimum atomic E-state index is -0.958. The van der Waals surface area contributed by atoms with Crippen molar-refractivity contribution < 1.29 is 18.7 Å². The Balaban J connectivity index is 2.16. The van der Waals surface area contributed by atoms with Crippen LogP contribution in [0.2, 0.25) is 0 Å². The molecule has 0 heterocycles. The topological polar surface area (TPSA) is 43.4 Å². The number of hydrogen-bond acceptors (Lipinski definition) is 3. The molecular formula is C14H21FO3. The summed E-state index contributed by atoms with van der Waals surface area (Å²) in [6.45, 7) is 0. The van der Waals surface area contributed by atoms with E-state index in [4.69, 9.17) is 0 Å². The van der Waals surface area contributed by atoms with Gasteiger partial charge in [-0.1, -0.05) is 12.2 Å². The number of carbonyl (C=O) groups excluding carboxylic acids is 2. The lowest BCUT2D eigenvalue weighted by molar-refractivity contribution is -0.140. The van der Waals surface area contributed by atoms with Crippen molar-refractivity contribution in [2.75, 3.05) is 7.11 Å². The van der Waals surface area contributed by atoms with Crippen molar-refractivity contribution in [3.05, 3.63) is 12.2 Å². The smallest absolute Gasteiger partial charge is 0.305 e. The van der Waals surface area contributed by atoms with Crippen LogP contribution in [0, 0.1) is 11.8 Å². The number of unbranched alkanes of at least 4 members (excludes halogenated alkanes) is 1. The second-order valence-corrected chi connectivity index (χ2v) is 4.74. The normalized spacial score (nSPS) is 27.6. The predicted molar refractivity (Wildman–Crippen MR) is 66.8 cm³/mol. The summed E-state index contributed by atoms with van der Waals surface area (Å²) in [5.41, 5.74) is 0. The zero-order chi connectivity index (χ0) is 13.4. The van der Waals surface area contributed by atoms with Gasteiger partial charge < -0.3 is 9.53 Å². The van der Waals surface area contributed by atoms with Crippen LogP contribution in [0.1, 0.15) is 38.5 Å². The molecule has 0 radical (unpaired) electrons. The molecular weight excluding hydrogens is 235 g/mol. The first-order chi connectivity index (χ1) is 8.69. The van der Waals surface area contributed by atoms with Gasteiger partial charge in [-0.15, -0.1) is 0 Å². The van der Waals surface area contributed by atoms with E-state index in [-0.39, 0.29) is 11.9 Å². The quantitative estimate of drug-likeness (QED) is 0.304. The lowest BCUT2D eigenvalue weighted by atomic mass is 9.93. The van der Waals surface area contributed by atoms with E-state index in [9.17, 15) is 14.0 Å². The highest BCUT2D eigenvalue weighted by molar-refractivity contribution is 5.69. The van der Waals surface area contributed by atoms with E-state index in [1.54, 1.807) is 0 Å². The zero-order valence-corrected chi connectivity index (χ0v) is 10.8. The molecule has 1 rings (SSSR count). The first-order valence-electron chi connectivity index (χ1n) is 6.50. The minimum absolute atomic E-state index is 0.148. The Kier molecular flexibility index (Phi) is 6.61. The van der Waals surface area contributed by atoms with Crippen molar-refractivity contribution in [3.63, 3.8) is 0 Å². The van der Waals surface area contributed by atoms with Crippen molar-refractivity contribution >= 4 is 12.3 Å². The van der Waals surface area contributed by atoms with Crippen LogP contribution in [0.15, 0.2) is 12.2 Å². The van der Waals surface area contributed by atoms with Crippen molar-refractivity contribution in [3.8, 4) is 0 Å². The first-order valence-corrected chi connectivity index (χ1v) is 6.50. The lowest BCUT2D eigenvalue weighted by Gasteiger charge is -2.12. The lowest BCUT2D eigenvalue weighted by Crippen LogP contribution is -2.16. The van der Waals surface area contributed by atoms with Gasteiger partial charge in [-0.2, -0.15) is 0 Å². The van der Waals surface area contributed by atoms with Gasteiger partial charge in [-0.25, -0.2) is 4.39 Å². The summed E-state index contributed by atoms with van der Waals surface area (Å²) >= 11 is 0. The molecule has 2 unspecified atom stereocenters. The molecule has 0 aromatic heterocycles. The highest BCUT2D eigenvalue weighted by atomic mass is 19.1. The number of ether oxygens (including phenoxy) is 1. The van der Waals surface area contributed by atoms with Gasteiger partial charge in [0, 0.05) is 12.3 Å². The highest BCUT2D eigenvalue weighted by Crippen LogP contribution is 2.35. The molecule has 0 aromatic carbocycles. The molecule has 1 aliphatic rings. The molecule has 18 heavy (non-hydrogen) atoms. The monoisotopic (exact) mass is 256 g/mol. The third-order valence-corrected chi connectivity index (χ3v) is 3.52. The van der Waals surface area contributed by atoms with E-state index >= 15 is 0 Å². The van der Waals surface area contributed by atoms with Crippen molar-refractivity contribution in [1.29, 1.82) is 0 Å². The van der Waals surface area contributed by atoms with Crippen LogP contribution in [0.25, 0.3) is 0 Å². The van der Waals surface area contributed by atoms with Gasteiger partial charge in [-0.3, -0.25) is 4.79 Å². The number of esters is 1. The molecule has 0 spiro atoms. The molecule has 1 saturated carbocycles. The molecule has 0 aliphatic heterocycles. The third-order valence-electron chi connectivity index (χ3n) is 3.52. The van der Waals surface area contributed by atoms with Gasteiger partial charge in [0.1, 0.15) is 12.5 Å². The SMILES string of the molecule is COC(=O)CCC/C=C\C[C@H]1CCC(F)C1C=O. The average Bonchev–Trinajstić information content (AvgIpc) is 2.73. The maximum absolute atomic E-state index is 13.3. The van der Waals surface area contributed by atoms with E-state index in [2.05, 4.69) is 4.74 Å². The minimum Gasteiger partial charge on any atom is -0.469 e. The number of halogens is 1. The predicted octanol–water partition coefficient (Wildman–Crippen LogP) is 2.84. The number of methoxy groups -OCH3 is 1. The maximum Gasteiger partial charge on any atom is 0.305 e. The summed E-state index contributed by atoms with van der Waals surface area (Å²) in [5.74, 6) is -0.473. The summed E-state index contributed by atoms with van der Waals surface area (Å²) in [6.07, 6.45) is 7.83. The average molecular weight is 256 g/mol. The van der Waals surface area contributed by atoms with Crippen molar-refractivity contribution in [2.24, 2.45) is 11.8 Å². The van der Waals surface area contributed by atoms with Gasteiger partial charge in [0.05, 0.1) is 7.11 Å². The van der Waals surface area contributed by atoms with Crippen LogP contribution in [0.3, 0.4) is 0 Å². The molecule has 4 heteroatoms. The number of aldehydes is 1. The molecule has 0 bridgehead atoms. The van der Waals surface area contributed by atoms with Gasteiger partial charge in [0.25, 0.3) is 0 Å². The zero-order valence-electron chi connectivity index (χ0n) is 10.8. The molecule has 0 N–H and O–H groups in total. The van der Waals surface area contributed by atoms with E-state index < -0.39 is 12.1 Å². The summed E-state index contributed by atoms with van der Waals surface area (Å²) in [6, 6.07) is 0. The van der Waals surface area contributed by atoms with E-state index in [0.717, 1.165) is 32.0 Å². The van der Waals surface area contributed by atoms with E-state index in [0.29, 0.717) is 12.8 Å². The van der Waals surface area contributed by atoms with Crippen LogP contribution in [0.4, 0.5) is 4.39 Å². The molecule has 0 saturated heterocycles. The van der Waals surface area contributed by atoms with Crippen LogP contribution < -0.4 is 0 Å². The molecule has 102 valence electrons. The van der Waals surface area contributed by atoms with E-state index in [1.807, 2.05) is 12.2 Å². The van der Waals surface area contributed by atoms with Gasteiger partial charge in [-0.05, 0) is 38.0 Å². The Labute approximate surface area is 107 Å². The van der Waals surface area contributed by atoms with Gasteiger partial charge in [0.2, 0.25) is 0 Å². The van der Waals surface area contributed by atoms with Crippen LogP contribution in [-0.2, 0) is 14.3 Å². The highest BCUT2D eigenvalue weighted by Gasteiger charge is 2.34. The Morgan fingerprint density at radius 3 is 2.83 bits per heavy atom. The van der Waals surface area contributed by atoms with Crippen LogP contribution in [-0.4, -0.2) is 25.5 Å². The van der Waals surface area contributed by atoms with E-state index in [1.165, 1.54) is 7.11 Å². The van der Waals surface area contributed by atoms with Crippen molar-refractivity contribution in [1.82, 2.24) is 0 Å².